The number of nitriles is 1. The molecule has 2 rings (SSSR count). The van der Waals surface area contributed by atoms with Gasteiger partial charge in [0.25, 0.3) is 0 Å². The number of nitrogens with zero attached hydrogens (tertiary/aromatic N) is 1. The second-order valence-electron chi connectivity index (χ2n) is 5.19. The number of rotatable bonds is 6. The van der Waals surface area contributed by atoms with Gasteiger partial charge in [-0.15, -0.1) is 0 Å². The standard InChI is InChI=1S/C18H12Cl3NO5S/c1-2-26-18(23)12(10-22)7-11-3-5-13(6-4-11)27-28(24,25)17-9-15(20)14(19)8-16(17)21/h3-9H,2H2,1H3/b12-7-. The van der Waals surface area contributed by atoms with Crippen LogP contribution in [0.15, 0.2) is 46.9 Å². The molecule has 146 valence electrons. The maximum atomic E-state index is 12.4. The van der Waals surface area contributed by atoms with Crippen LogP contribution in [0.25, 0.3) is 6.08 Å². The Morgan fingerprint density at radius 2 is 1.71 bits per heavy atom. The van der Waals surface area contributed by atoms with Crippen molar-refractivity contribution in [3.05, 3.63) is 62.6 Å². The highest BCUT2D eigenvalue weighted by atomic mass is 35.5. The van der Waals surface area contributed by atoms with Gasteiger partial charge in [0.05, 0.1) is 21.7 Å². The summed E-state index contributed by atoms with van der Waals surface area (Å²) >= 11 is 17.6. The number of hydrogen-bond acceptors (Lipinski definition) is 6. The van der Waals surface area contributed by atoms with Crippen LogP contribution in [0.4, 0.5) is 0 Å². The quantitative estimate of drug-likeness (QED) is 0.200. The normalized spacial score (nSPS) is 11.6. The minimum atomic E-state index is -4.26. The fourth-order valence-corrected chi connectivity index (χ4v) is 3.91. The number of esters is 1. The molecule has 0 aliphatic carbocycles. The van der Waals surface area contributed by atoms with E-state index < -0.39 is 16.1 Å². The average molecular weight is 461 g/mol. The molecule has 0 fully saturated rings. The molecule has 0 atom stereocenters. The molecule has 0 amide bonds. The fourth-order valence-electron chi connectivity index (χ4n) is 2.00. The first-order chi connectivity index (χ1) is 13.2. The summed E-state index contributed by atoms with van der Waals surface area (Å²) in [4.78, 5) is 11.3. The van der Waals surface area contributed by atoms with Crippen LogP contribution in [-0.4, -0.2) is 21.0 Å². The van der Waals surface area contributed by atoms with E-state index in [2.05, 4.69) is 0 Å². The summed E-state index contributed by atoms with van der Waals surface area (Å²) in [6.07, 6.45) is 1.31. The number of hydrogen-bond donors (Lipinski definition) is 0. The van der Waals surface area contributed by atoms with Gasteiger partial charge in [0, 0.05) is 0 Å². The first-order valence-corrected chi connectivity index (χ1v) is 10.2. The van der Waals surface area contributed by atoms with Crippen LogP contribution in [0.2, 0.25) is 15.1 Å². The molecule has 0 saturated heterocycles. The van der Waals surface area contributed by atoms with Crippen molar-refractivity contribution in [2.75, 3.05) is 6.61 Å². The minimum absolute atomic E-state index is 0.00562. The Morgan fingerprint density at radius 3 is 2.29 bits per heavy atom. The highest BCUT2D eigenvalue weighted by Gasteiger charge is 2.22. The Hall–Kier alpha value is -2.24. The molecular formula is C18H12Cl3NO5S. The van der Waals surface area contributed by atoms with Crippen LogP contribution in [0.1, 0.15) is 12.5 Å². The van der Waals surface area contributed by atoms with Crippen molar-refractivity contribution < 1.29 is 22.1 Å². The lowest BCUT2D eigenvalue weighted by Crippen LogP contribution is -2.10. The summed E-state index contributed by atoms with van der Waals surface area (Å²) in [5.41, 5.74) is 0.285. The van der Waals surface area contributed by atoms with Crippen molar-refractivity contribution in [1.82, 2.24) is 0 Å². The zero-order valence-electron chi connectivity index (χ0n) is 14.3. The fraction of sp³-hybridized carbons (Fsp3) is 0.111. The van der Waals surface area contributed by atoms with E-state index in [1.807, 2.05) is 0 Å². The molecule has 6 nitrogen and oxygen atoms in total. The lowest BCUT2D eigenvalue weighted by molar-refractivity contribution is -0.137. The second-order valence-corrected chi connectivity index (χ2v) is 7.93. The number of carbonyl (C=O) groups is 1. The number of carbonyl (C=O) groups excluding carboxylic acids is 1. The second kappa shape index (κ2) is 9.30. The third-order valence-electron chi connectivity index (χ3n) is 3.26. The van der Waals surface area contributed by atoms with E-state index >= 15 is 0 Å². The molecular weight excluding hydrogens is 449 g/mol. The van der Waals surface area contributed by atoms with Gasteiger partial charge in [0.1, 0.15) is 22.3 Å². The highest BCUT2D eigenvalue weighted by molar-refractivity contribution is 7.87. The maximum Gasteiger partial charge on any atom is 0.348 e. The monoisotopic (exact) mass is 459 g/mol. The molecule has 0 heterocycles. The first-order valence-electron chi connectivity index (χ1n) is 7.66. The summed E-state index contributed by atoms with van der Waals surface area (Å²) in [5.74, 6) is -0.754. The summed E-state index contributed by atoms with van der Waals surface area (Å²) in [6, 6.07) is 9.70. The van der Waals surface area contributed by atoms with Crippen LogP contribution in [0.5, 0.6) is 5.75 Å². The molecule has 2 aromatic rings. The van der Waals surface area contributed by atoms with E-state index in [0.717, 1.165) is 6.07 Å². The molecule has 0 saturated carbocycles. The molecule has 28 heavy (non-hydrogen) atoms. The summed E-state index contributed by atoms with van der Waals surface area (Å²) in [7, 11) is -4.26. The van der Waals surface area contributed by atoms with Crippen molar-refractivity contribution in [3.8, 4) is 11.8 Å². The van der Waals surface area contributed by atoms with Gasteiger partial charge in [-0.3, -0.25) is 0 Å². The van der Waals surface area contributed by atoms with Crippen LogP contribution in [0, 0.1) is 11.3 Å². The first kappa shape index (κ1) is 22.1. The Morgan fingerprint density at radius 1 is 1.11 bits per heavy atom. The average Bonchev–Trinajstić information content (AvgIpc) is 2.63. The van der Waals surface area contributed by atoms with Crippen molar-refractivity contribution >= 4 is 57.0 Å². The molecule has 2 aromatic carbocycles. The van der Waals surface area contributed by atoms with Gasteiger partial charge in [-0.1, -0.05) is 46.9 Å². The van der Waals surface area contributed by atoms with Gasteiger partial charge in [0.15, 0.2) is 0 Å². The van der Waals surface area contributed by atoms with Gasteiger partial charge in [-0.25, -0.2) is 4.79 Å². The molecule has 0 aliphatic rings. The topological polar surface area (TPSA) is 93.5 Å². The van der Waals surface area contributed by atoms with E-state index in [0.29, 0.717) is 5.56 Å². The SMILES string of the molecule is CCOC(=O)/C(C#N)=C\c1ccc(OS(=O)(=O)c2cc(Cl)c(Cl)cc2Cl)cc1. The Labute approximate surface area is 177 Å². The Kier molecular flexibility index (Phi) is 7.33. The van der Waals surface area contributed by atoms with Crippen molar-refractivity contribution in [1.29, 1.82) is 5.26 Å². The molecule has 0 aliphatic heterocycles. The number of benzene rings is 2. The Bertz CT molecular complexity index is 1070. The largest absolute Gasteiger partial charge is 0.462 e. The molecule has 0 aromatic heterocycles. The third-order valence-corrected chi connectivity index (χ3v) is 5.69. The van der Waals surface area contributed by atoms with E-state index in [9.17, 15) is 13.2 Å². The highest BCUT2D eigenvalue weighted by Crippen LogP contribution is 2.33. The van der Waals surface area contributed by atoms with E-state index in [4.69, 9.17) is 49.0 Å². The van der Waals surface area contributed by atoms with Crippen molar-refractivity contribution in [2.24, 2.45) is 0 Å². The summed E-state index contributed by atoms with van der Waals surface area (Å²) in [6.45, 7) is 1.76. The molecule has 0 unspecified atom stereocenters. The van der Waals surface area contributed by atoms with Crippen molar-refractivity contribution in [2.45, 2.75) is 11.8 Å². The number of halogens is 3. The zero-order chi connectivity index (χ0) is 20.9. The predicted molar refractivity (Wildman–Crippen MR) is 106 cm³/mol. The minimum Gasteiger partial charge on any atom is -0.462 e. The van der Waals surface area contributed by atoms with Gasteiger partial charge in [-0.2, -0.15) is 13.7 Å². The van der Waals surface area contributed by atoms with Crippen molar-refractivity contribution in [3.63, 3.8) is 0 Å². The van der Waals surface area contributed by atoms with Crippen LogP contribution in [0.3, 0.4) is 0 Å². The molecule has 0 radical (unpaired) electrons. The lowest BCUT2D eigenvalue weighted by Gasteiger charge is -2.10. The Balaban J connectivity index is 2.26. The zero-order valence-corrected chi connectivity index (χ0v) is 17.4. The van der Waals surface area contributed by atoms with E-state index in [-0.39, 0.29) is 37.9 Å². The predicted octanol–water partition coefficient (Wildman–Crippen LogP) is 4.88. The summed E-state index contributed by atoms with van der Waals surface area (Å²) in [5, 5.41) is 9.01. The number of ether oxygens (including phenoxy) is 1. The van der Waals surface area contributed by atoms with E-state index in [1.165, 1.54) is 36.4 Å². The van der Waals surface area contributed by atoms with Gasteiger partial charge >= 0.3 is 16.1 Å². The lowest BCUT2D eigenvalue weighted by atomic mass is 10.1. The van der Waals surface area contributed by atoms with E-state index in [1.54, 1.807) is 13.0 Å². The molecule has 10 heteroatoms. The molecule has 0 spiro atoms. The van der Waals surface area contributed by atoms with Crippen LogP contribution < -0.4 is 4.18 Å². The van der Waals surface area contributed by atoms with Gasteiger partial charge < -0.3 is 8.92 Å². The summed E-state index contributed by atoms with van der Waals surface area (Å²) < 4.78 is 34.7. The maximum absolute atomic E-state index is 12.4. The van der Waals surface area contributed by atoms with Gasteiger partial charge in [-0.05, 0) is 42.8 Å². The molecule has 0 bridgehead atoms. The molecule has 0 N–H and O–H groups in total. The smallest absolute Gasteiger partial charge is 0.348 e. The van der Waals surface area contributed by atoms with Crippen LogP contribution >= 0.6 is 34.8 Å². The van der Waals surface area contributed by atoms with Crippen LogP contribution in [-0.2, 0) is 19.6 Å². The van der Waals surface area contributed by atoms with Gasteiger partial charge in [0.2, 0.25) is 0 Å². The third kappa shape index (κ3) is 5.40.